The van der Waals surface area contributed by atoms with Gasteiger partial charge in [-0.1, -0.05) is 59.8 Å². The second-order valence-corrected chi connectivity index (χ2v) is 9.54. The van der Waals surface area contributed by atoms with E-state index in [2.05, 4.69) is 15.5 Å². The normalized spacial score (nSPS) is 16.8. The minimum absolute atomic E-state index is 0.0844. The van der Waals surface area contributed by atoms with Crippen molar-refractivity contribution in [2.75, 3.05) is 7.11 Å². The number of amides is 1. The van der Waals surface area contributed by atoms with Gasteiger partial charge in [-0.05, 0) is 53.4 Å². The summed E-state index contributed by atoms with van der Waals surface area (Å²) in [7, 11) is 1.54. The highest BCUT2D eigenvalue weighted by atomic mass is 35.5. The molecular weight excluding hydrogens is 527 g/mol. The van der Waals surface area contributed by atoms with Crippen LogP contribution in [0.1, 0.15) is 22.3 Å². The van der Waals surface area contributed by atoms with E-state index in [9.17, 15) is 18.0 Å². The molecule has 1 aliphatic heterocycles. The lowest BCUT2D eigenvalue weighted by molar-refractivity contribution is -0.137. The molecule has 1 atom stereocenters. The van der Waals surface area contributed by atoms with E-state index in [1.807, 2.05) is 30.3 Å². The Hall–Kier alpha value is -3.50. The molecule has 6 nitrogen and oxygen atoms in total. The molecule has 0 bridgehead atoms. The number of thioether (sulfide) groups is 1. The molecule has 1 amide bonds. The second-order valence-electron chi connectivity index (χ2n) is 7.95. The molecule has 37 heavy (non-hydrogen) atoms. The highest BCUT2D eigenvalue weighted by Crippen LogP contribution is 2.36. The largest absolute Gasteiger partial charge is 0.493 e. The van der Waals surface area contributed by atoms with E-state index < -0.39 is 17.0 Å². The average Bonchev–Trinajstić information content (AvgIpc) is 3.22. The Morgan fingerprint density at radius 3 is 2.57 bits per heavy atom. The molecule has 1 saturated heterocycles. The topological polar surface area (TPSA) is 72.3 Å². The maximum atomic E-state index is 13.1. The third-order valence-electron chi connectivity index (χ3n) is 5.31. The van der Waals surface area contributed by atoms with Crippen LogP contribution < -0.4 is 14.8 Å². The van der Waals surface area contributed by atoms with E-state index in [4.69, 9.17) is 21.1 Å². The summed E-state index contributed by atoms with van der Waals surface area (Å²) in [5.41, 5.74) is 1.13. The molecule has 1 aliphatic rings. The zero-order chi connectivity index (χ0) is 26.4. The molecular formula is C26H21ClF3N3O3S. The Morgan fingerprint density at radius 2 is 1.84 bits per heavy atom. The standard InChI is InChI=1S/C26H21ClF3N3O3S/c1-35-22-12-18(8-10-21(22)36-15-16-5-3-2-4-6-16)14-31-33-25-32-24(34)23(37-25)13-17-7-9-20(27)19(11-17)26(28,29)30/h2-12,14,23H,13,15H2,1H3,(H,32,33,34)/b31-14+. The van der Waals surface area contributed by atoms with Crippen molar-refractivity contribution < 1.29 is 27.4 Å². The van der Waals surface area contributed by atoms with E-state index in [-0.39, 0.29) is 22.5 Å². The molecule has 1 heterocycles. The number of nitrogens with one attached hydrogen (secondary N) is 1. The monoisotopic (exact) mass is 547 g/mol. The lowest BCUT2D eigenvalue weighted by Crippen LogP contribution is -2.26. The fraction of sp³-hybridized carbons (Fsp3) is 0.192. The van der Waals surface area contributed by atoms with Crippen LogP contribution in [0.5, 0.6) is 11.5 Å². The van der Waals surface area contributed by atoms with Crippen LogP contribution in [0.3, 0.4) is 0 Å². The summed E-state index contributed by atoms with van der Waals surface area (Å²) in [6.45, 7) is 0.393. The van der Waals surface area contributed by atoms with Gasteiger partial charge in [0.05, 0.1) is 29.2 Å². The van der Waals surface area contributed by atoms with Gasteiger partial charge in [-0.3, -0.25) is 4.79 Å². The summed E-state index contributed by atoms with van der Waals surface area (Å²) in [5.74, 6) is 0.744. The summed E-state index contributed by atoms with van der Waals surface area (Å²) in [6.07, 6.45) is -3.00. The van der Waals surface area contributed by atoms with Crippen LogP contribution in [0.15, 0.2) is 76.9 Å². The molecule has 11 heteroatoms. The smallest absolute Gasteiger partial charge is 0.417 e. The Bertz CT molecular complexity index is 1330. The van der Waals surface area contributed by atoms with Gasteiger partial charge in [0.2, 0.25) is 5.91 Å². The summed E-state index contributed by atoms with van der Waals surface area (Å²) in [6, 6.07) is 18.6. The van der Waals surface area contributed by atoms with Crippen molar-refractivity contribution in [1.29, 1.82) is 0 Å². The summed E-state index contributed by atoms with van der Waals surface area (Å²) < 4.78 is 50.6. The second kappa shape index (κ2) is 11.7. The number of halogens is 4. The number of methoxy groups -OCH3 is 1. The van der Waals surface area contributed by atoms with Gasteiger partial charge < -0.3 is 14.8 Å². The van der Waals surface area contributed by atoms with E-state index in [1.165, 1.54) is 25.5 Å². The molecule has 3 aromatic rings. The van der Waals surface area contributed by atoms with Crippen LogP contribution >= 0.6 is 23.4 Å². The predicted octanol–water partition coefficient (Wildman–Crippen LogP) is 6.11. The lowest BCUT2D eigenvalue weighted by Gasteiger charge is -2.12. The van der Waals surface area contributed by atoms with Crippen molar-refractivity contribution >= 4 is 40.7 Å². The SMILES string of the molecule is COc1cc(/C=N/N=C2\NC(=O)C(Cc3ccc(Cl)c(C(F)(F)F)c3)S2)ccc1OCc1ccccc1. The van der Waals surface area contributed by atoms with Gasteiger partial charge in [0.25, 0.3) is 0 Å². The van der Waals surface area contributed by atoms with Gasteiger partial charge in [-0.25, -0.2) is 0 Å². The van der Waals surface area contributed by atoms with Gasteiger partial charge in [-0.15, -0.1) is 5.10 Å². The average molecular weight is 548 g/mol. The molecule has 0 radical (unpaired) electrons. The van der Waals surface area contributed by atoms with E-state index in [1.54, 1.807) is 18.2 Å². The van der Waals surface area contributed by atoms with E-state index in [0.29, 0.717) is 29.2 Å². The van der Waals surface area contributed by atoms with E-state index in [0.717, 1.165) is 23.4 Å². The van der Waals surface area contributed by atoms with Crippen LogP contribution in [-0.4, -0.2) is 29.6 Å². The van der Waals surface area contributed by atoms with Crippen molar-refractivity contribution in [3.8, 4) is 11.5 Å². The number of amidine groups is 1. The molecule has 0 spiro atoms. The Kier molecular flexibility index (Phi) is 8.40. The Morgan fingerprint density at radius 1 is 1.05 bits per heavy atom. The van der Waals surface area contributed by atoms with E-state index >= 15 is 0 Å². The van der Waals surface area contributed by atoms with Crippen molar-refractivity contribution in [1.82, 2.24) is 5.32 Å². The number of rotatable bonds is 8. The zero-order valence-corrected chi connectivity index (χ0v) is 21.0. The number of ether oxygens (including phenoxy) is 2. The molecule has 0 saturated carbocycles. The maximum Gasteiger partial charge on any atom is 0.417 e. The first kappa shape index (κ1) is 26.6. The maximum absolute atomic E-state index is 13.1. The van der Waals surface area contributed by atoms with Crippen LogP contribution in [0.25, 0.3) is 0 Å². The van der Waals surface area contributed by atoms with Gasteiger partial charge in [-0.2, -0.15) is 18.3 Å². The van der Waals surface area contributed by atoms with Gasteiger partial charge in [0, 0.05) is 0 Å². The number of hydrogen-bond acceptors (Lipinski definition) is 6. The van der Waals surface area contributed by atoms with Crippen molar-refractivity contribution in [3.05, 3.63) is 94.0 Å². The lowest BCUT2D eigenvalue weighted by atomic mass is 10.1. The van der Waals surface area contributed by atoms with Gasteiger partial charge >= 0.3 is 6.18 Å². The quantitative estimate of drug-likeness (QED) is 0.273. The molecule has 192 valence electrons. The fourth-order valence-electron chi connectivity index (χ4n) is 3.48. The van der Waals surface area contributed by atoms with Crippen LogP contribution in [-0.2, 0) is 24.0 Å². The fourth-order valence-corrected chi connectivity index (χ4v) is 4.67. The molecule has 0 aromatic heterocycles. The molecule has 1 unspecified atom stereocenters. The molecule has 4 rings (SSSR count). The van der Waals surface area contributed by atoms with Crippen LogP contribution in [0, 0.1) is 0 Å². The number of carbonyl (C=O) groups excluding carboxylic acids is 1. The first-order valence-corrected chi connectivity index (χ1v) is 12.3. The number of nitrogens with zero attached hydrogens (tertiary/aromatic N) is 2. The third-order valence-corrected chi connectivity index (χ3v) is 6.72. The highest BCUT2D eigenvalue weighted by molar-refractivity contribution is 8.15. The Labute approximate surface area is 220 Å². The summed E-state index contributed by atoms with van der Waals surface area (Å²) >= 11 is 6.77. The van der Waals surface area contributed by atoms with Gasteiger partial charge in [0.15, 0.2) is 16.7 Å². The highest BCUT2D eigenvalue weighted by Gasteiger charge is 2.35. The molecule has 0 aliphatic carbocycles. The minimum atomic E-state index is -4.57. The number of hydrogen-bond donors (Lipinski definition) is 1. The Balaban J connectivity index is 1.38. The third kappa shape index (κ3) is 7.05. The predicted molar refractivity (Wildman–Crippen MR) is 138 cm³/mol. The minimum Gasteiger partial charge on any atom is -0.493 e. The first-order valence-electron chi connectivity index (χ1n) is 11.0. The summed E-state index contributed by atoms with van der Waals surface area (Å²) in [5, 5.41) is 9.88. The van der Waals surface area contributed by atoms with Crippen molar-refractivity contribution in [2.45, 2.75) is 24.5 Å². The first-order chi connectivity index (χ1) is 17.7. The summed E-state index contributed by atoms with van der Waals surface area (Å²) in [4.78, 5) is 12.3. The van der Waals surface area contributed by atoms with Crippen molar-refractivity contribution in [3.63, 3.8) is 0 Å². The van der Waals surface area contributed by atoms with Crippen LogP contribution in [0.4, 0.5) is 13.2 Å². The number of benzene rings is 3. The number of carbonyl (C=O) groups is 1. The molecule has 3 aromatic carbocycles. The molecule has 1 N–H and O–H groups in total. The molecule has 1 fully saturated rings. The van der Waals surface area contributed by atoms with Crippen LogP contribution in [0.2, 0.25) is 5.02 Å². The van der Waals surface area contributed by atoms with Gasteiger partial charge in [0.1, 0.15) is 6.61 Å². The van der Waals surface area contributed by atoms with Crippen molar-refractivity contribution in [2.24, 2.45) is 10.2 Å². The number of alkyl halides is 3. The zero-order valence-electron chi connectivity index (χ0n) is 19.5.